The van der Waals surface area contributed by atoms with Gasteiger partial charge in [-0.3, -0.25) is 14.9 Å². The highest BCUT2D eigenvalue weighted by Crippen LogP contribution is 2.28. The first-order valence-electron chi connectivity index (χ1n) is 9.10. The molecule has 1 amide bonds. The first-order chi connectivity index (χ1) is 15.0. The second kappa shape index (κ2) is 10.1. The van der Waals surface area contributed by atoms with Crippen LogP contribution in [0.4, 0.5) is 11.4 Å². The highest BCUT2D eigenvalue weighted by molar-refractivity contribution is 6.31. The standard InChI is InChI=1S/C23H16ClN3O4/c24-19-9-10-21(22(13-19)27(29)30)26-23(28)18(14-25)11-17-7-4-8-20(12-17)31-15-16-5-2-1-3-6-16/h1-13H,15H2,(H,26,28). The van der Waals surface area contributed by atoms with Gasteiger partial charge in [-0.15, -0.1) is 0 Å². The molecule has 0 aliphatic carbocycles. The summed E-state index contributed by atoms with van der Waals surface area (Å²) in [4.78, 5) is 23.0. The van der Waals surface area contributed by atoms with Gasteiger partial charge in [-0.2, -0.15) is 5.26 Å². The van der Waals surface area contributed by atoms with Crippen LogP contribution in [0.1, 0.15) is 11.1 Å². The number of nitro groups is 1. The maximum Gasteiger partial charge on any atom is 0.294 e. The predicted octanol–water partition coefficient (Wildman–Crippen LogP) is 5.37. The molecule has 154 valence electrons. The summed E-state index contributed by atoms with van der Waals surface area (Å²) in [5.41, 5.74) is 0.937. The number of benzene rings is 3. The summed E-state index contributed by atoms with van der Waals surface area (Å²) in [6, 6.07) is 22.2. The zero-order valence-corrected chi connectivity index (χ0v) is 16.9. The maximum atomic E-state index is 12.5. The number of carbonyl (C=O) groups is 1. The Kier molecular flexibility index (Phi) is 6.99. The van der Waals surface area contributed by atoms with E-state index in [1.54, 1.807) is 24.3 Å². The third kappa shape index (κ3) is 5.92. The molecule has 0 saturated carbocycles. The number of rotatable bonds is 7. The lowest BCUT2D eigenvalue weighted by molar-refractivity contribution is -0.383. The molecule has 0 heterocycles. The number of halogens is 1. The summed E-state index contributed by atoms with van der Waals surface area (Å²) < 4.78 is 5.76. The van der Waals surface area contributed by atoms with Crippen molar-refractivity contribution in [3.05, 3.63) is 105 Å². The fraction of sp³-hybridized carbons (Fsp3) is 0.0435. The molecule has 3 aromatic rings. The number of ether oxygens (including phenoxy) is 1. The van der Waals surface area contributed by atoms with Gasteiger partial charge in [-0.05, 0) is 41.5 Å². The van der Waals surface area contributed by atoms with Crippen LogP contribution in [0.5, 0.6) is 5.75 Å². The van der Waals surface area contributed by atoms with Crippen molar-refractivity contribution in [1.29, 1.82) is 5.26 Å². The maximum absolute atomic E-state index is 12.5. The quantitative estimate of drug-likeness (QED) is 0.233. The minimum atomic E-state index is -0.775. The smallest absolute Gasteiger partial charge is 0.294 e. The van der Waals surface area contributed by atoms with Gasteiger partial charge in [0.05, 0.1) is 4.92 Å². The molecule has 1 N–H and O–H groups in total. The zero-order valence-electron chi connectivity index (χ0n) is 16.1. The highest BCUT2D eigenvalue weighted by atomic mass is 35.5. The second-order valence-electron chi connectivity index (χ2n) is 6.39. The van der Waals surface area contributed by atoms with Crippen LogP contribution >= 0.6 is 11.6 Å². The summed E-state index contributed by atoms with van der Waals surface area (Å²) in [5, 5.41) is 23.2. The lowest BCUT2D eigenvalue weighted by Gasteiger charge is -2.08. The van der Waals surface area contributed by atoms with E-state index < -0.39 is 10.8 Å². The first kappa shape index (κ1) is 21.6. The number of nitriles is 1. The third-order valence-corrected chi connectivity index (χ3v) is 4.42. The summed E-state index contributed by atoms with van der Waals surface area (Å²) in [6.07, 6.45) is 1.38. The van der Waals surface area contributed by atoms with Crippen LogP contribution in [-0.2, 0) is 11.4 Å². The molecule has 3 rings (SSSR count). The lowest BCUT2D eigenvalue weighted by atomic mass is 10.1. The normalized spacial score (nSPS) is 10.8. The van der Waals surface area contributed by atoms with E-state index in [-0.39, 0.29) is 22.0 Å². The fourth-order valence-electron chi connectivity index (χ4n) is 2.70. The van der Waals surface area contributed by atoms with Crippen LogP contribution in [0.25, 0.3) is 6.08 Å². The van der Waals surface area contributed by atoms with Crippen molar-refractivity contribution < 1.29 is 14.5 Å². The Morgan fingerprint density at radius 1 is 1.13 bits per heavy atom. The zero-order chi connectivity index (χ0) is 22.2. The minimum absolute atomic E-state index is 0.0551. The monoisotopic (exact) mass is 433 g/mol. The van der Waals surface area contributed by atoms with Gasteiger partial charge in [0.2, 0.25) is 0 Å². The van der Waals surface area contributed by atoms with Crippen LogP contribution in [0, 0.1) is 21.4 Å². The van der Waals surface area contributed by atoms with Crippen LogP contribution < -0.4 is 10.1 Å². The van der Waals surface area contributed by atoms with E-state index in [0.717, 1.165) is 11.6 Å². The average Bonchev–Trinajstić information content (AvgIpc) is 2.78. The van der Waals surface area contributed by atoms with E-state index in [1.807, 2.05) is 36.4 Å². The molecule has 0 spiro atoms. The fourth-order valence-corrected chi connectivity index (χ4v) is 2.87. The van der Waals surface area contributed by atoms with Crippen molar-refractivity contribution >= 4 is 35.0 Å². The Morgan fingerprint density at radius 3 is 2.61 bits per heavy atom. The van der Waals surface area contributed by atoms with Crippen LogP contribution in [0.2, 0.25) is 5.02 Å². The third-order valence-electron chi connectivity index (χ3n) is 4.19. The van der Waals surface area contributed by atoms with Crippen molar-refractivity contribution in [2.24, 2.45) is 0 Å². The Labute approximate surface area is 183 Å². The number of anilines is 1. The van der Waals surface area contributed by atoms with Crippen molar-refractivity contribution in [2.45, 2.75) is 6.61 Å². The van der Waals surface area contributed by atoms with Gasteiger partial charge in [0.25, 0.3) is 11.6 Å². The molecule has 0 aliphatic rings. The predicted molar refractivity (Wildman–Crippen MR) is 118 cm³/mol. The molecule has 8 heteroatoms. The number of nitrogens with zero attached hydrogens (tertiary/aromatic N) is 2. The van der Waals surface area contributed by atoms with Gasteiger partial charge in [-0.25, -0.2) is 0 Å². The van der Waals surface area contributed by atoms with Crippen LogP contribution in [-0.4, -0.2) is 10.8 Å². The molecule has 0 atom stereocenters. The summed E-state index contributed by atoms with van der Waals surface area (Å²) in [5.74, 6) is -0.202. The first-order valence-corrected chi connectivity index (χ1v) is 9.48. The molecule has 3 aromatic carbocycles. The molecule has 0 fully saturated rings. The summed E-state index contributed by atoms with van der Waals surface area (Å²) in [6.45, 7) is 0.375. The topological polar surface area (TPSA) is 105 Å². The number of hydrogen-bond donors (Lipinski definition) is 1. The molecule has 7 nitrogen and oxygen atoms in total. The van der Waals surface area contributed by atoms with E-state index >= 15 is 0 Å². The minimum Gasteiger partial charge on any atom is -0.489 e. The Balaban J connectivity index is 1.76. The number of amides is 1. The van der Waals surface area contributed by atoms with Crippen molar-refractivity contribution in [1.82, 2.24) is 0 Å². The van der Waals surface area contributed by atoms with Crippen molar-refractivity contribution in [3.63, 3.8) is 0 Å². The molecular formula is C23H16ClN3O4. The van der Waals surface area contributed by atoms with E-state index in [9.17, 15) is 20.2 Å². The SMILES string of the molecule is N#CC(=Cc1cccc(OCc2ccccc2)c1)C(=O)Nc1ccc(Cl)cc1[N+](=O)[O-]. The lowest BCUT2D eigenvalue weighted by Crippen LogP contribution is -2.14. The number of nitro benzene ring substituents is 1. The van der Waals surface area contributed by atoms with Gasteiger partial charge in [0, 0.05) is 11.1 Å². The molecule has 0 aromatic heterocycles. The van der Waals surface area contributed by atoms with Crippen LogP contribution in [0.15, 0.2) is 78.4 Å². The summed E-state index contributed by atoms with van der Waals surface area (Å²) >= 11 is 5.78. The molecule has 0 radical (unpaired) electrons. The summed E-state index contributed by atoms with van der Waals surface area (Å²) in [7, 11) is 0. The number of hydrogen-bond acceptors (Lipinski definition) is 5. The van der Waals surface area contributed by atoms with Gasteiger partial charge >= 0.3 is 0 Å². The number of nitrogens with one attached hydrogen (secondary N) is 1. The number of carbonyl (C=O) groups excluding carboxylic acids is 1. The van der Waals surface area contributed by atoms with E-state index in [1.165, 1.54) is 18.2 Å². The van der Waals surface area contributed by atoms with Crippen LogP contribution in [0.3, 0.4) is 0 Å². The van der Waals surface area contributed by atoms with Gasteiger partial charge in [-0.1, -0.05) is 54.1 Å². The van der Waals surface area contributed by atoms with Gasteiger partial charge in [0.1, 0.15) is 29.7 Å². The van der Waals surface area contributed by atoms with E-state index in [0.29, 0.717) is 17.9 Å². The van der Waals surface area contributed by atoms with Crippen molar-refractivity contribution in [2.75, 3.05) is 5.32 Å². The average molecular weight is 434 g/mol. The molecule has 0 unspecified atom stereocenters. The Bertz CT molecular complexity index is 1190. The highest BCUT2D eigenvalue weighted by Gasteiger charge is 2.18. The molecule has 31 heavy (non-hydrogen) atoms. The van der Waals surface area contributed by atoms with E-state index in [4.69, 9.17) is 16.3 Å². The molecule has 0 saturated heterocycles. The van der Waals surface area contributed by atoms with E-state index in [2.05, 4.69) is 5.32 Å². The molecular weight excluding hydrogens is 418 g/mol. The largest absolute Gasteiger partial charge is 0.489 e. The molecule has 0 bridgehead atoms. The Hall–Kier alpha value is -4.15. The Morgan fingerprint density at radius 2 is 1.90 bits per heavy atom. The molecule has 0 aliphatic heterocycles. The van der Waals surface area contributed by atoms with Gasteiger partial charge < -0.3 is 10.1 Å². The van der Waals surface area contributed by atoms with Gasteiger partial charge in [0.15, 0.2) is 0 Å². The second-order valence-corrected chi connectivity index (χ2v) is 6.83. The van der Waals surface area contributed by atoms with Crippen molar-refractivity contribution in [3.8, 4) is 11.8 Å².